The molecule has 0 saturated carbocycles. The molecule has 8 heteroatoms. The van der Waals surface area contributed by atoms with Gasteiger partial charge in [0.15, 0.2) is 6.10 Å². The Kier molecular flexibility index (Phi) is 5.87. The van der Waals surface area contributed by atoms with Gasteiger partial charge in [-0.1, -0.05) is 23.2 Å². The second kappa shape index (κ2) is 8.15. The SMILES string of the molecule is C[C@@H](OC(=O)[C@H]1COc2ccc(Cl)cc2C1)C(=O)Nc1ccc(F)cc1Cl. The van der Waals surface area contributed by atoms with Crippen molar-refractivity contribution in [2.45, 2.75) is 19.4 Å². The van der Waals surface area contributed by atoms with Crippen LogP contribution in [0.15, 0.2) is 36.4 Å². The number of halogens is 3. The third-order valence-electron chi connectivity index (χ3n) is 4.11. The summed E-state index contributed by atoms with van der Waals surface area (Å²) in [5, 5.41) is 3.11. The van der Waals surface area contributed by atoms with Crippen molar-refractivity contribution in [1.29, 1.82) is 0 Å². The second-order valence-electron chi connectivity index (χ2n) is 6.16. The number of benzene rings is 2. The van der Waals surface area contributed by atoms with Crippen molar-refractivity contribution < 1.29 is 23.5 Å². The van der Waals surface area contributed by atoms with E-state index in [1.54, 1.807) is 18.2 Å². The van der Waals surface area contributed by atoms with Gasteiger partial charge in [-0.05, 0) is 55.3 Å². The van der Waals surface area contributed by atoms with E-state index in [2.05, 4.69) is 5.32 Å². The first kappa shape index (κ1) is 19.5. The highest BCUT2D eigenvalue weighted by atomic mass is 35.5. The number of carbonyl (C=O) groups excluding carboxylic acids is 2. The Balaban J connectivity index is 1.59. The van der Waals surface area contributed by atoms with E-state index >= 15 is 0 Å². The third-order valence-corrected chi connectivity index (χ3v) is 4.66. The van der Waals surface area contributed by atoms with Gasteiger partial charge in [0.2, 0.25) is 0 Å². The molecule has 0 spiro atoms. The Morgan fingerprint density at radius 1 is 1.26 bits per heavy atom. The summed E-state index contributed by atoms with van der Waals surface area (Å²) in [6.45, 7) is 1.60. The van der Waals surface area contributed by atoms with Crippen LogP contribution >= 0.6 is 23.2 Å². The average molecular weight is 412 g/mol. The van der Waals surface area contributed by atoms with E-state index in [9.17, 15) is 14.0 Å². The Bertz CT molecular complexity index is 890. The summed E-state index contributed by atoms with van der Waals surface area (Å²) in [4.78, 5) is 24.6. The number of rotatable bonds is 4. The minimum absolute atomic E-state index is 0.0519. The summed E-state index contributed by atoms with van der Waals surface area (Å²) in [5.41, 5.74) is 1.04. The van der Waals surface area contributed by atoms with Crippen molar-refractivity contribution in [1.82, 2.24) is 0 Å². The molecule has 0 unspecified atom stereocenters. The normalized spacial score (nSPS) is 16.7. The lowest BCUT2D eigenvalue weighted by atomic mass is 9.97. The highest BCUT2D eigenvalue weighted by molar-refractivity contribution is 6.33. The summed E-state index contributed by atoms with van der Waals surface area (Å²) in [5.74, 6) is -1.50. The molecule has 0 saturated heterocycles. The van der Waals surface area contributed by atoms with Crippen molar-refractivity contribution in [3.63, 3.8) is 0 Å². The monoisotopic (exact) mass is 411 g/mol. The fourth-order valence-electron chi connectivity index (χ4n) is 2.66. The predicted octanol–water partition coefficient (Wildman–Crippen LogP) is 4.25. The van der Waals surface area contributed by atoms with Gasteiger partial charge in [0.1, 0.15) is 18.2 Å². The van der Waals surface area contributed by atoms with Crippen LogP contribution in [-0.4, -0.2) is 24.6 Å². The number of amides is 1. The van der Waals surface area contributed by atoms with Gasteiger partial charge >= 0.3 is 5.97 Å². The van der Waals surface area contributed by atoms with Crippen LogP contribution in [0.25, 0.3) is 0 Å². The van der Waals surface area contributed by atoms with E-state index in [1.807, 2.05) is 0 Å². The first-order valence-electron chi connectivity index (χ1n) is 8.21. The number of ether oxygens (including phenoxy) is 2. The first-order chi connectivity index (χ1) is 12.8. The van der Waals surface area contributed by atoms with Gasteiger partial charge in [0.05, 0.1) is 16.6 Å². The predicted molar refractivity (Wildman–Crippen MR) is 99.7 cm³/mol. The zero-order valence-corrected chi connectivity index (χ0v) is 15.8. The highest BCUT2D eigenvalue weighted by Gasteiger charge is 2.30. The molecule has 0 radical (unpaired) electrons. The molecule has 1 aliphatic rings. The van der Waals surface area contributed by atoms with Gasteiger partial charge in [-0.25, -0.2) is 4.39 Å². The van der Waals surface area contributed by atoms with E-state index in [0.29, 0.717) is 17.2 Å². The second-order valence-corrected chi connectivity index (χ2v) is 7.00. The van der Waals surface area contributed by atoms with Crippen LogP contribution in [0.5, 0.6) is 5.75 Å². The maximum absolute atomic E-state index is 13.1. The van der Waals surface area contributed by atoms with Crippen LogP contribution in [0.4, 0.5) is 10.1 Å². The van der Waals surface area contributed by atoms with Gasteiger partial charge in [-0.3, -0.25) is 9.59 Å². The number of hydrogen-bond acceptors (Lipinski definition) is 4. The van der Waals surface area contributed by atoms with Gasteiger partial charge in [0, 0.05) is 5.02 Å². The Morgan fingerprint density at radius 3 is 2.78 bits per heavy atom. The number of anilines is 1. The lowest BCUT2D eigenvalue weighted by Crippen LogP contribution is -2.36. The number of fused-ring (bicyclic) bond motifs is 1. The van der Waals surface area contributed by atoms with E-state index in [0.717, 1.165) is 11.6 Å². The van der Waals surface area contributed by atoms with Gasteiger partial charge in [0.25, 0.3) is 5.91 Å². The largest absolute Gasteiger partial charge is 0.492 e. The van der Waals surface area contributed by atoms with Crippen molar-refractivity contribution in [3.05, 3.63) is 57.8 Å². The molecular weight excluding hydrogens is 396 g/mol. The zero-order valence-electron chi connectivity index (χ0n) is 14.3. The molecule has 2 aromatic rings. The van der Waals surface area contributed by atoms with Crippen molar-refractivity contribution in [3.8, 4) is 5.75 Å². The third kappa shape index (κ3) is 4.70. The topological polar surface area (TPSA) is 64.6 Å². The van der Waals surface area contributed by atoms with E-state index in [4.69, 9.17) is 32.7 Å². The van der Waals surface area contributed by atoms with Crippen LogP contribution in [0.2, 0.25) is 10.0 Å². The van der Waals surface area contributed by atoms with E-state index in [1.165, 1.54) is 19.1 Å². The molecule has 1 heterocycles. The van der Waals surface area contributed by atoms with Crippen molar-refractivity contribution in [2.24, 2.45) is 5.92 Å². The lowest BCUT2D eigenvalue weighted by molar-refractivity contribution is -0.158. The number of carbonyl (C=O) groups is 2. The first-order valence-corrected chi connectivity index (χ1v) is 8.96. The average Bonchev–Trinajstić information content (AvgIpc) is 2.63. The Hall–Kier alpha value is -2.31. The Labute approximate surface area is 165 Å². The fraction of sp³-hybridized carbons (Fsp3) is 0.263. The van der Waals surface area contributed by atoms with Crippen LogP contribution in [0.1, 0.15) is 12.5 Å². The summed E-state index contributed by atoms with van der Waals surface area (Å²) in [6.07, 6.45) is -0.647. The lowest BCUT2D eigenvalue weighted by Gasteiger charge is -2.25. The number of hydrogen-bond donors (Lipinski definition) is 1. The molecule has 1 aliphatic heterocycles. The molecule has 1 amide bonds. The molecule has 27 heavy (non-hydrogen) atoms. The van der Waals surface area contributed by atoms with Crippen LogP contribution in [0.3, 0.4) is 0 Å². The molecule has 0 bridgehead atoms. The van der Waals surface area contributed by atoms with Crippen molar-refractivity contribution >= 4 is 40.8 Å². The molecule has 2 atom stereocenters. The molecule has 3 rings (SSSR count). The van der Waals surface area contributed by atoms with E-state index in [-0.39, 0.29) is 17.3 Å². The zero-order chi connectivity index (χ0) is 19.6. The number of nitrogens with one attached hydrogen (secondary N) is 1. The molecule has 1 N–H and O–H groups in total. The summed E-state index contributed by atoms with van der Waals surface area (Å²) < 4.78 is 23.9. The van der Waals surface area contributed by atoms with Crippen molar-refractivity contribution in [2.75, 3.05) is 11.9 Å². The molecule has 0 fully saturated rings. The standard InChI is InChI=1S/C19H16Cl2FNO4/c1-10(18(24)23-16-4-3-14(22)8-15(16)21)27-19(25)12-6-11-7-13(20)2-5-17(11)26-9-12/h2-5,7-8,10,12H,6,9H2,1H3,(H,23,24)/t10-,12-/m1/s1. The fourth-order valence-corrected chi connectivity index (χ4v) is 3.07. The smallest absolute Gasteiger partial charge is 0.313 e. The Morgan fingerprint density at radius 2 is 2.04 bits per heavy atom. The summed E-state index contributed by atoms with van der Waals surface area (Å²) in [7, 11) is 0. The van der Waals surface area contributed by atoms with Crippen LogP contribution in [0, 0.1) is 11.7 Å². The molecule has 0 aromatic heterocycles. The molecule has 142 valence electrons. The maximum Gasteiger partial charge on any atom is 0.313 e. The molecule has 2 aromatic carbocycles. The maximum atomic E-state index is 13.1. The van der Waals surface area contributed by atoms with Gasteiger partial charge in [-0.2, -0.15) is 0 Å². The summed E-state index contributed by atoms with van der Waals surface area (Å²) in [6, 6.07) is 8.78. The van der Waals surface area contributed by atoms with Gasteiger partial charge < -0.3 is 14.8 Å². The molecular formula is C19H16Cl2FNO4. The molecule has 0 aliphatic carbocycles. The highest BCUT2D eigenvalue weighted by Crippen LogP contribution is 2.30. The van der Waals surface area contributed by atoms with Crippen LogP contribution < -0.4 is 10.1 Å². The molecule has 5 nitrogen and oxygen atoms in total. The van der Waals surface area contributed by atoms with Crippen LogP contribution in [-0.2, 0) is 20.7 Å². The minimum atomic E-state index is -1.06. The summed E-state index contributed by atoms with van der Waals surface area (Å²) >= 11 is 11.8. The van der Waals surface area contributed by atoms with E-state index < -0.39 is 29.7 Å². The minimum Gasteiger partial charge on any atom is -0.492 e. The quantitative estimate of drug-likeness (QED) is 0.763. The van der Waals surface area contributed by atoms with Gasteiger partial charge in [-0.15, -0.1) is 0 Å². The number of esters is 1.